The molecule has 2 aromatic heterocycles. The van der Waals surface area contributed by atoms with E-state index >= 15 is 0 Å². The smallest absolute Gasteiger partial charge is 0.268 e. The monoisotopic (exact) mass is 282 g/mol. The van der Waals surface area contributed by atoms with Crippen LogP contribution in [0.3, 0.4) is 0 Å². The Hall–Kier alpha value is -2.49. The molecule has 0 saturated heterocycles. The minimum atomic E-state index is -0.0563. The maximum absolute atomic E-state index is 12.3. The van der Waals surface area contributed by atoms with Crippen LogP contribution in [0.1, 0.15) is 29.4 Å². The van der Waals surface area contributed by atoms with Crippen molar-refractivity contribution in [1.29, 1.82) is 0 Å². The molecule has 0 saturated carbocycles. The quantitative estimate of drug-likeness (QED) is 0.779. The summed E-state index contributed by atoms with van der Waals surface area (Å²) >= 11 is 0. The van der Waals surface area contributed by atoms with E-state index in [1.165, 1.54) is 0 Å². The lowest BCUT2D eigenvalue weighted by Crippen LogP contribution is -2.26. The molecular formula is C17H18N2O2. The maximum atomic E-state index is 12.3. The van der Waals surface area contributed by atoms with E-state index in [2.05, 4.69) is 17.4 Å². The first kappa shape index (κ1) is 13.5. The van der Waals surface area contributed by atoms with Crippen LogP contribution in [0.2, 0.25) is 0 Å². The van der Waals surface area contributed by atoms with Crippen molar-refractivity contribution in [2.24, 2.45) is 0 Å². The zero-order chi connectivity index (χ0) is 14.7. The number of furan rings is 1. The largest absolute Gasteiger partial charge is 0.463 e. The minimum absolute atomic E-state index is 0.0563. The lowest BCUT2D eigenvalue weighted by atomic mass is 10.2. The van der Waals surface area contributed by atoms with Crippen LogP contribution in [-0.2, 0) is 6.54 Å². The van der Waals surface area contributed by atoms with Crippen LogP contribution >= 0.6 is 0 Å². The van der Waals surface area contributed by atoms with Crippen LogP contribution < -0.4 is 5.32 Å². The van der Waals surface area contributed by atoms with Crippen molar-refractivity contribution in [3.05, 3.63) is 60.0 Å². The van der Waals surface area contributed by atoms with E-state index in [1.54, 1.807) is 6.26 Å². The predicted molar refractivity (Wildman–Crippen MR) is 82.4 cm³/mol. The zero-order valence-electron chi connectivity index (χ0n) is 12.0. The Morgan fingerprint density at radius 1 is 1.24 bits per heavy atom. The minimum Gasteiger partial charge on any atom is -0.463 e. The Balaban J connectivity index is 1.98. The van der Waals surface area contributed by atoms with Crippen molar-refractivity contribution in [2.45, 2.75) is 19.9 Å². The number of rotatable bonds is 5. The number of carbonyl (C=O) groups excluding carboxylic acids is 1. The van der Waals surface area contributed by atoms with Gasteiger partial charge in [-0.15, -0.1) is 0 Å². The Labute approximate surface area is 123 Å². The van der Waals surface area contributed by atoms with Crippen molar-refractivity contribution in [3.8, 4) is 0 Å². The molecule has 0 aliphatic rings. The van der Waals surface area contributed by atoms with E-state index in [9.17, 15) is 4.79 Å². The van der Waals surface area contributed by atoms with Crippen LogP contribution in [0.25, 0.3) is 11.1 Å². The average molecular weight is 282 g/mol. The number of aromatic nitrogens is 1. The number of hydrogen-bond donors (Lipinski definition) is 1. The fourth-order valence-electron chi connectivity index (χ4n) is 2.43. The van der Waals surface area contributed by atoms with Gasteiger partial charge in [0.1, 0.15) is 5.69 Å². The average Bonchev–Trinajstić information content (AvgIpc) is 3.08. The van der Waals surface area contributed by atoms with E-state index < -0.39 is 0 Å². The highest BCUT2D eigenvalue weighted by Crippen LogP contribution is 2.22. The molecular weight excluding hydrogens is 264 g/mol. The highest BCUT2D eigenvalue weighted by molar-refractivity contribution is 5.97. The van der Waals surface area contributed by atoms with Gasteiger partial charge in [0.25, 0.3) is 5.91 Å². The SMILES string of the molecule is CCCNC(=O)c1cc2occc2n1Cc1ccccc1. The second-order valence-corrected chi connectivity index (χ2v) is 5.03. The fraction of sp³-hybridized carbons (Fsp3) is 0.235. The molecule has 1 N–H and O–H groups in total. The van der Waals surface area contributed by atoms with Crippen molar-refractivity contribution < 1.29 is 9.21 Å². The van der Waals surface area contributed by atoms with E-state index in [0.29, 0.717) is 18.8 Å². The molecule has 0 atom stereocenters. The number of benzene rings is 1. The number of nitrogens with zero attached hydrogens (tertiary/aromatic N) is 1. The first-order valence-electron chi connectivity index (χ1n) is 7.18. The number of hydrogen-bond acceptors (Lipinski definition) is 2. The van der Waals surface area contributed by atoms with Crippen LogP contribution in [-0.4, -0.2) is 17.0 Å². The lowest BCUT2D eigenvalue weighted by Gasteiger charge is -2.10. The van der Waals surface area contributed by atoms with E-state index in [-0.39, 0.29) is 5.91 Å². The van der Waals surface area contributed by atoms with Gasteiger partial charge in [0.2, 0.25) is 0 Å². The highest BCUT2D eigenvalue weighted by Gasteiger charge is 2.17. The van der Waals surface area contributed by atoms with E-state index in [1.807, 2.05) is 41.8 Å². The van der Waals surface area contributed by atoms with Gasteiger partial charge in [-0.3, -0.25) is 4.79 Å². The molecule has 4 nitrogen and oxygen atoms in total. The third-order valence-electron chi connectivity index (χ3n) is 3.47. The van der Waals surface area contributed by atoms with Gasteiger partial charge in [0.05, 0.1) is 11.8 Å². The summed E-state index contributed by atoms with van der Waals surface area (Å²) in [6.45, 7) is 3.37. The summed E-state index contributed by atoms with van der Waals surface area (Å²) in [5, 5.41) is 2.92. The maximum Gasteiger partial charge on any atom is 0.268 e. The van der Waals surface area contributed by atoms with Gasteiger partial charge in [0.15, 0.2) is 5.58 Å². The van der Waals surface area contributed by atoms with E-state index in [0.717, 1.165) is 23.1 Å². The molecule has 21 heavy (non-hydrogen) atoms. The zero-order valence-corrected chi connectivity index (χ0v) is 12.0. The topological polar surface area (TPSA) is 47.2 Å². The summed E-state index contributed by atoms with van der Waals surface area (Å²) in [6, 6.07) is 13.8. The molecule has 0 spiro atoms. The molecule has 108 valence electrons. The number of nitrogens with one attached hydrogen (secondary N) is 1. The highest BCUT2D eigenvalue weighted by atomic mass is 16.3. The molecule has 0 unspecified atom stereocenters. The number of fused-ring (bicyclic) bond motifs is 1. The first-order chi connectivity index (χ1) is 10.3. The molecule has 3 rings (SSSR count). The molecule has 0 bridgehead atoms. The molecule has 0 radical (unpaired) electrons. The van der Waals surface area contributed by atoms with Crippen LogP contribution in [0, 0.1) is 0 Å². The van der Waals surface area contributed by atoms with Crippen LogP contribution in [0.5, 0.6) is 0 Å². The van der Waals surface area contributed by atoms with Gasteiger partial charge in [-0.25, -0.2) is 0 Å². The van der Waals surface area contributed by atoms with Crippen LogP contribution in [0.4, 0.5) is 0 Å². The summed E-state index contributed by atoms with van der Waals surface area (Å²) in [5.74, 6) is -0.0563. The first-order valence-corrected chi connectivity index (χ1v) is 7.18. The molecule has 0 aliphatic heterocycles. The summed E-state index contributed by atoms with van der Waals surface area (Å²) in [7, 11) is 0. The van der Waals surface area contributed by atoms with Gasteiger partial charge in [0, 0.05) is 25.2 Å². The Morgan fingerprint density at radius 2 is 2.05 bits per heavy atom. The molecule has 0 fully saturated rings. The Kier molecular flexibility index (Phi) is 3.77. The summed E-state index contributed by atoms with van der Waals surface area (Å²) in [5.41, 5.74) is 3.48. The standard InChI is InChI=1S/C17H18N2O2/c1-2-9-18-17(20)15-11-16-14(8-10-21-16)19(15)12-13-6-4-3-5-7-13/h3-8,10-11H,2,9,12H2,1H3,(H,18,20). The predicted octanol–water partition coefficient (Wildman–Crippen LogP) is 3.42. The number of carbonyl (C=O) groups is 1. The second-order valence-electron chi connectivity index (χ2n) is 5.03. The van der Waals surface area contributed by atoms with Crippen molar-refractivity contribution in [1.82, 2.24) is 9.88 Å². The molecule has 4 heteroatoms. The van der Waals surface area contributed by atoms with Gasteiger partial charge in [-0.05, 0) is 12.0 Å². The third-order valence-corrected chi connectivity index (χ3v) is 3.47. The molecule has 0 aliphatic carbocycles. The van der Waals surface area contributed by atoms with Crippen molar-refractivity contribution >= 4 is 17.0 Å². The normalized spacial score (nSPS) is 10.9. The summed E-state index contributed by atoms with van der Waals surface area (Å²) in [4.78, 5) is 12.3. The Bertz CT molecular complexity index is 741. The summed E-state index contributed by atoms with van der Waals surface area (Å²) in [6.07, 6.45) is 2.57. The van der Waals surface area contributed by atoms with Crippen LogP contribution in [0.15, 0.2) is 53.1 Å². The van der Waals surface area contributed by atoms with Crippen molar-refractivity contribution in [2.75, 3.05) is 6.54 Å². The Morgan fingerprint density at radius 3 is 2.81 bits per heavy atom. The fourth-order valence-corrected chi connectivity index (χ4v) is 2.43. The third kappa shape index (κ3) is 2.70. The molecule has 2 heterocycles. The molecule has 1 aromatic carbocycles. The number of amides is 1. The second kappa shape index (κ2) is 5.87. The van der Waals surface area contributed by atoms with Gasteiger partial charge >= 0.3 is 0 Å². The lowest BCUT2D eigenvalue weighted by molar-refractivity contribution is 0.0945. The van der Waals surface area contributed by atoms with Gasteiger partial charge in [-0.2, -0.15) is 0 Å². The molecule has 1 amide bonds. The van der Waals surface area contributed by atoms with Gasteiger partial charge in [-0.1, -0.05) is 37.3 Å². The molecule has 3 aromatic rings. The van der Waals surface area contributed by atoms with E-state index in [4.69, 9.17) is 4.42 Å². The summed E-state index contributed by atoms with van der Waals surface area (Å²) < 4.78 is 7.43. The van der Waals surface area contributed by atoms with Gasteiger partial charge < -0.3 is 14.3 Å². The van der Waals surface area contributed by atoms with Crippen molar-refractivity contribution in [3.63, 3.8) is 0 Å².